The molecule has 0 aliphatic carbocycles. The molecule has 0 atom stereocenters. The monoisotopic (exact) mass is 480 g/mol. The number of nitrogens with zero attached hydrogens (tertiary/aromatic N) is 1. The lowest BCUT2D eigenvalue weighted by Crippen LogP contribution is -2.24. The standard InChI is InChI=1S/C25H25BrN2O3/c1-18(2)21-10-13-24(23(26)14-21)31-17-25(29)28-27-15-19-8-11-22(12-9-19)30-16-20-6-4-3-5-7-20/h3-15,18H,16-17H2,1-2H3,(H,28,29)/b27-15+. The highest BCUT2D eigenvalue weighted by Gasteiger charge is 2.07. The van der Waals surface area contributed by atoms with Gasteiger partial charge in [-0.05, 0) is 74.9 Å². The fraction of sp³-hybridized carbons (Fsp3) is 0.200. The van der Waals surface area contributed by atoms with E-state index < -0.39 is 0 Å². The van der Waals surface area contributed by atoms with E-state index in [-0.39, 0.29) is 12.5 Å². The van der Waals surface area contributed by atoms with Gasteiger partial charge in [0.25, 0.3) is 5.91 Å². The Kier molecular flexibility index (Phi) is 8.24. The zero-order valence-corrected chi connectivity index (χ0v) is 19.1. The Morgan fingerprint density at radius 1 is 1.03 bits per heavy atom. The summed E-state index contributed by atoms with van der Waals surface area (Å²) in [5.41, 5.74) is 5.63. The second-order valence-electron chi connectivity index (χ2n) is 7.27. The molecular weight excluding hydrogens is 456 g/mol. The molecule has 0 bridgehead atoms. The Hall–Kier alpha value is -3.12. The minimum Gasteiger partial charge on any atom is -0.489 e. The fourth-order valence-electron chi connectivity index (χ4n) is 2.74. The van der Waals surface area contributed by atoms with Gasteiger partial charge in [0.05, 0.1) is 10.7 Å². The molecule has 0 fully saturated rings. The second-order valence-corrected chi connectivity index (χ2v) is 8.12. The maximum Gasteiger partial charge on any atom is 0.277 e. The van der Waals surface area contributed by atoms with Crippen LogP contribution >= 0.6 is 15.9 Å². The van der Waals surface area contributed by atoms with Crippen molar-refractivity contribution in [2.24, 2.45) is 5.10 Å². The van der Waals surface area contributed by atoms with E-state index in [4.69, 9.17) is 9.47 Å². The van der Waals surface area contributed by atoms with Crippen LogP contribution in [0, 0.1) is 0 Å². The van der Waals surface area contributed by atoms with Gasteiger partial charge in [0, 0.05) is 0 Å². The lowest BCUT2D eigenvalue weighted by molar-refractivity contribution is -0.123. The summed E-state index contributed by atoms with van der Waals surface area (Å²) in [5.74, 6) is 1.48. The first kappa shape index (κ1) is 22.6. The number of ether oxygens (including phenoxy) is 2. The van der Waals surface area contributed by atoms with Crippen molar-refractivity contribution in [3.63, 3.8) is 0 Å². The van der Waals surface area contributed by atoms with Gasteiger partial charge in [0.2, 0.25) is 0 Å². The predicted molar refractivity (Wildman–Crippen MR) is 127 cm³/mol. The molecule has 3 rings (SSSR count). The van der Waals surface area contributed by atoms with Crippen molar-refractivity contribution in [2.75, 3.05) is 6.61 Å². The van der Waals surface area contributed by atoms with E-state index in [1.165, 1.54) is 5.56 Å². The van der Waals surface area contributed by atoms with E-state index in [0.29, 0.717) is 18.3 Å². The molecule has 6 heteroatoms. The Labute approximate surface area is 191 Å². The summed E-state index contributed by atoms with van der Waals surface area (Å²) in [5, 5.41) is 3.98. The Morgan fingerprint density at radius 2 is 1.77 bits per heavy atom. The number of hydrogen-bond acceptors (Lipinski definition) is 4. The van der Waals surface area contributed by atoms with Crippen molar-refractivity contribution in [3.8, 4) is 11.5 Å². The number of amides is 1. The van der Waals surface area contributed by atoms with Crippen LogP contribution in [0.3, 0.4) is 0 Å². The van der Waals surface area contributed by atoms with Gasteiger partial charge in [-0.15, -0.1) is 0 Å². The number of benzene rings is 3. The van der Waals surface area contributed by atoms with Gasteiger partial charge in [-0.3, -0.25) is 4.79 Å². The quantitative estimate of drug-likeness (QED) is 0.316. The molecule has 31 heavy (non-hydrogen) atoms. The van der Waals surface area contributed by atoms with Crippen LogP contribution < -0.4 is 14.9 Å². The second kappa shape index (κ2) is 11.3. The van der Waals surface area contributed by atoms with Crippen molar-refractivity contribution in [1.29, 1.82) is 0 Å². The summed E-state index contributed by atoms with van der Waals surface area (Å²) < 4.78 is 12.1. The number of carbonyl (C=O) groups is 1. The molecule has 160 valence electrons. The van der Waals surface area contributed by atoms with Gasteiger partial charge < -0.3 is 9.47 Å². The molecule has 0 spiro atoms. The van der Waals surface area contributed by atoms with Crippen molar-refractivity contribution < 1.29 is 14.3 Å². The van der Waals surface area contributed by atoms with Gasteiger partial charge >= 0.3 is 0 Å². The highest BCUT2D eigenvalue weighted by molar-refractivity contribution is 9.10. The van der Waals surface area contributed by atoms with E-state index in [9.17, 15) is 4.79 Å². The molecule has 0 saturated heterocycles. The molecular formula is C25H25BrN2O3. The third kappa shape index (κ3) is 7.26. The molecule has 5 nitrogen and oxygen atoms in total. The molecule has 1 amide bonds. The molecule has 0 radical (unpaired) electrons. The molecule has 0 heterocycles. The van der Waals surface area contributed by atoms with E-state index in [0.717, 1.165) is 21.3 Å². The normalized spacial score (nSPS) is 11.0. The Bertz CT molecular complexity index is 1020. The molecule has 1 N–H and O–H groups in total. The number of hydrazone groups is 1. The predicted octanol–water partition coefficient (Wildman–Crippen LogP) is 5.68. The summed E-state index contributed by atoms with van der Waals surface area (Å²) >= 11 is 3.48. The maximum atomic E-state index is 12.0. The van der Waals surface area contributed by atoms with Gasteiger partial charge in [-0.25, -0.2) is 5.43 Å². The first-order chi connectivity index (χ1) is 15.0. The van der Waals surface area contributed by atoms with Crippen LogP contribution in [0.5, 0.6) is 11.5 Å². The van der Waals surface area contributed by atoms with E-state index in [2.05, 4.69) is 40.3 Å². The van der Waals surface area contributed by atoms with E-state index in [1.807, 2.05) is 72.8 Å². The zero-order chi connectivity index (χ0) is 22.1. The van der Waals surface area contributed by atoms with Crippen molar-refractivity contribution in [1.82, 2.24) is 5.43 Å². The number of halogens is 1. The molecule has 3 aromatic carbocycles. The SMILES string of the molecule is CC(C)c1ccc(OCC(=O)N/N=C/c2ccc(OCc3ccccc3)cc2)c(Br)c1. The minimum atomic E-state index is -0.334. The van der Waals surface area contributed by atoms with Crippen molar-refractivity contribution >= 4 is 28.1 Å². The summed E-state index contributed by atoms with van der Waals surface area (Å²) in [6, 6.07) is 23.3. The van der Waals surface area contributed by atoms with Crippen LogP contribution in [-0.4, -0.2) is 18.7 Å². The van der Waals surface area contributed by atoms with E-state index in [1.54, 1.807) is 6.21 Å². The molecule has 0 saturated carbocycles. The maximum absolute atomic E-state index is 12.0. The highest BCUT2D eigenvalue weighted by Crippen LogP contribution is 2.28. The summed E-state index contributed by atoms with van der Waals surface area (Å²) in [4.78, 5) is 12.0. The van der Waals surface area contributed by atoms with Crippen molar-refractivity contribution in [3.05, 3.63) is 94.0 Å². The van der Waals surface area contributed by atoms with Crippen molar-refractivity contribution in [2.45, 2.75) is 26.4 Å². The first-order valence-corrected chi connectivity index (χ1v) is 10.8. The summed E-state index contributed by atoms with van der Waals surface area (Å²) in [6.45, 7) is 4.64. The molecule has 3 aromatic rings. The van der Waals surface area contributed by atoms with Gasteiger partial charge in [0.1, 0.15) is 18.1 Å². The number of nitrogens with one attached hydrogen (secondary N) is 1. The molecule has 0 aliphatic heterocycles. The average Bonchev–Trinajstić information content (AvgIpc) is 2.78. The highest BCUT2D eigenvalue weighted by atomic mass is 79.9. The fourth-order valence-corrected chi connectivity index (χ4v) is 3.25. The Balaban J connectivity index is 1.43. The largest absolute Gasteiger partial charge is 0.489 e. The third-order valence-corrected chi connectivity index (χ3v) is 5.13. The minimum absolute atomic E-state index is 0.122. The summed E-state index contributed by atoms with van der Waals surface area (Å²) in [7, 11) is 0. The van der Waals surface area contributed by atoms with Gasteiger partial charge in [-0.1, -0.05) is 50.2 Å². The number of rotatable bonds is 9. The topological polar surface area (TPSA) is 59.9 Å². The Morgan fingerprint density at radius 3 is 2.45 bits per heavy atom. The summed E-state index contributed by atoms with van der Waals surface area (Å²) in [6.07, 6.45) is 1.58. The van der Waals surface area contributed by atoms with Gasteiger partial charge in [-0.2, -0.15) is 5.10 Å². The van der Waals surface area contributed by atoms with E-state index >= 15 is 0 Å². The first-order valence-electron chi connectivity index (χ1n) is 10.0. The van der Waals surface area contributed by atoms with Gasteiger partial charge in [0.15, 0.2) is 6.61 Å². The van der Waals surface area contributed by atoms with Crippen LogP contribution in [-0.2, 0) is 11.4 Å². The molecule has 0 aromatic heterocycles. The van der Waals surface area contributed by atoms with Crippen LogP contribution in [0.1, 0.15) is 36.5 Å². The number of hydrogen-bond donors (Lipinski definition) is 1. The van der Waals surface area contributed by atoms with Crippen LogP contribution in [0.4, 0.5) is 0 Å². The zero-order valence-electron chi connectivity index (χ0n) is 17.5. The van der Waals surface area contributed by atoms with Crippen LogP contribution in [0.15, 0.2) is 82.4 Å². The third-order valence-electron chi connectivity index (χ3n) is 4.51. The lowest BCUT2D eigenvalue weighted by Gasteiger charge is -2.10. The smallest absolute Gasteiger partial charge is 0.277 e. The van der Waals surface area contributed by atoms with Crippen LogP contribution in [0.2, 0.25) is 0 Å². The molecule has 0 aliphatic rings. The lowest BCUT2D eigenvalue weighted by atomic mass is 10.0. The number of carbonyl (C=O) groups excluding carboxylic acids is 1. The average molecular weight is 481 g/mol. The molecule has 0 unspecified atom stereocenters. The van der Waals surface area contributed by atoms with Crippen LogP contribution in [0.25, 0.3) is 0 Å².